The summed E-state index contributed by atoms with van der Waals surface area (Å²) >= 11 is 1.60. The van der Waals surface area contributed by atoms with Crippen molar-refractivity contribution >= 4 is 23.1 Å². The Labute approximate surface area is 138 Å². The number of hydrogen-bond acceptors (Lipinski definition) is 2. The normalized spacial score (nSPS) is 9.91. The van der Waals surface area contributed by atoms with Crippen molar-refractivity contribution in [3.8, 4) is 11.2 Å². The summed E-state index contributed by atoms with van der Waals surface area (Å²) in [7, 11) is 0. The van der Waals surface area contributed by atoms with E-state index < -0.39 is 0 Å². The Bertz CT molecular complexity index is 602. The Hall–Kier alpha value is -1.66. The number of nitrogens with one attached hydrogen (secondary N) is 1. The third-order valence-electron chi connectivity index (χ3n) is 3.26. The Balaban J connectivity index is 3.20. The molecule has 1 aromatic rings. The van der Waals surface area contributed by atoms with Crippen LogP contribution in [0.15, 0.2) is 23.8 Å². The van der Waals surface area contributed by atoms with Crippen molar-refractivity contribution in [2.75, 3.05) is 0 Å². The van der Waals surface area contributed by atoms with Gasteiger partial charge in [0, 0.05) is 17.9 Å². The standard InChI is InChI=1S/C19H25NOS/c1-6-7-10-22-19(15(4)5)16-8-9-17(12-20-13-21)18(11-16)14(2)3/h8-9,11,13-14H,6,12H2,1-5H3,(H,20,21). The molecule has 0 aromatic heterocycles. The van der Waals surface area contributed by atoms with Crippen molar-refractivity contribution in [3.63, 3.8) is 0 Å². The maximum absolute atomic E-state index is 10.5. The number of amides is 1. The first-order chi connectivity index (χ1) is 10.5. The van der Waals surface area contributed by atoms with Gasteiger partial charge in [-0.15, -0.1) is 0 Å². The van der Waals surface area contributed by atoms with E-state index in [1.807, 2.05) is 0 Å². The lowest BCUT2D eigenvalue weighted by atomic mass is 9.94. The first-order valence-corrected chi connectivity index (χ1v) is 8.45. The largest absolute Gasteiger partial charge is 0.355 e. The van der Waals surface area contributed by atoms with E-state index in [-0.39, 0.29) is 0 Å². The van der Waals surface area contributed by atoms with Gasteiger partial charge in [0.2, 0.25) is 6.41 Å². The molecule has 0 aliphatic carbocycles. The summed E-state index contributed by atoms with van der Waals surface area (Å²) in [5.74, 6) is 3.52. The minimum absolute atomic E-state index is 0.411. The number of carbonyl (C=O) groups excluding carboxylic acids is 1. The van der Waals surface area contributed by atoms with Gasteiger partial charge in [0.15, 0.2) is 0 Å². The predicted octanol–water partition coefficient (Wildman–Crippen LogP) is 4.91. The topological polar surface area (TPSA) is 29.1 Å². The smallest absolute Gasteiger partial charge is 0.207 e. The van der Waals surface area contributed by atoms with E-state index in [1.165, 1.54) is 27.2 Å². The van der Waals surface area contributed by atoms with Gasteiger partial charge in [0.05, 0.1) is 0 Å². The van der Waals surface area contributed by atoms with Crippen LogP contribution in [0.2, 0.25) is 0 Å². The lowest BCUT2D eigenvalue weighted by molar-refractivity contribution is -0.109. The third kappa shape index (κ3) is 5.27. The minimum atomic E-state index is 0.411. The van der Waals surface area contributed by atoms with Gasteiger partial charge in [-0.2, -0.15) is 0 Å². The highest BCUT2D eigenvalue weighted by Crippen LogP contribution is 2.33. The molecule has 2 nitrogen and oxygen atoms in total. The van der Waals surface area contributed by atoms with Crippen LogP contribution in [0.4, 0.5) is 0 Å². The molecular weight excluding hydrogens is 290 g/mol. The van der Waals surface area contributed by atoms with E-state index >= 15 is 0 Å². The molecule has 1 amide bonds. The van der Waals surface area contributed by atoms with Crippen LogP contribution >= 0.6 is 11.8 Å². The van der Waals surface area contributed by atoms with Crippen molar-refractivity contribution in [2.24, 2.45) is 0 Å². The van der Waals surface area contributed by atoms with Crippen molar-refractivity contribution in [3.05, 3.63) is 40.5 Å². The second kappa shape index (κ2) is 9.38. The van der Waals surface area contributed by atoms with Crippen molar-refractivity contribution < 1.29 is 4.79 Å². The number of allylic oxidation sites excluding steroid dienone is 1. The van der Waals surface area contributed by atoms with Crippen LogP contribution in [-0.4, -0.2) is 6.41 Å². The predicted molar refractivity (Wildman–Crippen MR) is 97.4 cm³/mol. The molecule has 1 N–H and O–H groups in total. The molecule has 0 heterocycles. The van der Waals surface area contributed by atoms with Gasteiger partial charge in [-0.3, -0.25) is 4.79 Å². The third-order valence-corrected chi connectivity index (χ3v) is 4.36. The van der Waals surface area contributed by atoms with Gasteiger partial charge in [-0.05, 0) is 53.5 Å². The van der Waals surface area contributed by atoms with Crippen LogP contribution in [0.5, 0.6) is 0 Å². The van der Waals surface area contributed by atoms with Gasteiger partial charge < -0.3 is 5.32 Å². The fourth-order valence-electron chi connectivity index (χ4n) is 2.20. The molecule has 118 valence electrons. The number of hydrogen-bond donors (Lipinski definition) is 1. The molecule has 0 radical (unpaired) electrons. The van der Waals surface area contributed by atoms with E-state index in [0.717, 1.165) is 12.8 Å². The van der Waals surface area contributed by atoms with Crippen molar-refractivity contribution in [2.45, 2.75) is 53.5 Å². The zero-order chi connectivity index (χ0) is 16.5. The number of rotatable bonds is 6. The molecular formula is C19H25NOS. The van der Waals surface area contributed by atoms with E-state index in [0.29, 0.717) is 12.5 Å². The molecule has 0 saturated heterocycles. The lowest BCUT2D eigenvalue weighted by Gasteiger charge is -2.16. The van der Waals surface area contributed by atoms with Crippen LogP contribution in [0.1, 0.15) is 63.6 Å². The van der Waals surface area contributed by atoms with Gasteiger partial charge in [-0.25, -0.2) is 0 Å². The SMILES string of the molecule is CCC#CSC(=C(C)C)c1ccc(CNC=O)c(C(C)C)c1. The number of benzene rings is 1. The molecule has 1 aromatic carbocycles. The highest BCUT2D eigenvalue weighted by molar-refractivity contribution is 8.12. The van der Waals surface area contributed by atoms with Crippen molar-refractivity contribution in [1.82, 2.24) is 5.32 Å². The highest BCUT2D eigenvalue weighted by atomic mass is 32.2. The van der Waals surface area contributed by atoms with E-state index in [4.69, 9.17) is 0 Å². The van der Waals surface area contributed by atoms with Gasteiger partial charge >= 0.3 is 0 Å². The average molecular weight is 315 g/mol. The fraction of sp³-hybridized carbons (Fsp3) is 0.421. The summed E-state index contributed by atoms with van der Waals surface area (Å²) in [6.45, 7) is 11.2. The Morgan fingerprint density at radius 1 is 1.36 bits per heavy atom. The summed E-state index contributed by atoms with van der Waals surface area (Å²) in [5.41, 5.74) is 4.91. The summed E-state index contributed by atoms with van der Waals surface area (Å²) in [6, 6.07) is 6.46. The fourth-order valence-corrected chi connectivity index (χ4v) is 2.96. The zero-order valence-electron chi connectivity index (χ0n) is 14.1. The Kier molecular flexibility index (Phi) is 7.84. The first kappa shape index (κ1) is 18.4. The van der Waals surface area contributed by atoms with Crippen molar-refractivity contribution in [1.29, 1.82) is 0 Å². The second-order valence-corrected chi connectivity index (χ2v) is 6.45. The van der Waals surface area contributed by atoms with E-state index in [9.17, 15) is 4.79 Å². The zero-order valence-corrected chi connectivity index (χ0v) is 14.9. The van der Waals surface area contributed by atoms with E-state index in [1.54, 1.807) is 11.8 Å². The molecule has 0 fully saturated rings. The monoisotopic (exact) mass is 315 g/mol. The van der Waals surface area contributed by atoms with Gasteiger partial charge in [0.25, 0.3) is 0 Å². The maximum Gasteiger partial charge on any atom is 0.207 e. The van der Waals surface area contributed by atoms with Gasteiger partial charge in [-0.1, -0.05) is 50.5 Å². The van der Waals surface area contributed by atoms with Crippen LogP contribution in [0, 0.1) is 11.2 Å². The summed E-state index contributed by atoms with van der Waals surface area (Å²) in [6.07, 6.45) is 1.62. The number of carbonyl (C=O) groups is 1. The van der Waals surface area contributed by atoms with Crippen LogP contribution < -0.4 is 5.32 Å². The van der Waals surface area contributed by atoms with Crippen LogP contribution in [0.3, 0.4) is 0 Å². The summed E-state index contributed by atoms with van der Waals surface area (Å²) in [5, 5.41) is 5.92. The molecule has 0 saturated carbocycles. The van der Waals surface area contributed by atoms with Gasteiger partial charge in [0.1, 0.15) is 0 Å². The quantitative estimate of drug-likeness (QED) is 0.597. The molecule has 0 aliphatic heterocycles. The van der Waals surface area contributed by atoms with Crippen LogP contribution in [-0.2, 0) is 11.3 Å². The molecule has 0 atom stereocenters. The molecule has 0 bridgehead atoms. The molecule has 0 unspecified atom stereocenters. The Morgan fingerprint density at radius 3 is 2.64 bits per heavy atom. The Morgan fingerprint density at radius 2 is 2.09 bits per heavy atom. The molecule has 1 rings (SSSR count). The lowest BCUT2D eigenvalue weighted by Crippen LogP contribution is -2.12. The highest BCUT2D eigenvalue weighted by Gasteiger charge is 2.11. The maximum atomic E-state index is 10.5. The summed E-state index contributed by atoms with van der Waals surface area (Å²) < 4.78 is 0. The first-order valence-electron chi connectivity index (χ1n) is 7.63. The second-order valence-electron chi connectivity index (χ2n) is 5.63. The molecule has 0 spiro atoms. The minimum Gasteiger partial charge on any atom is -0.355 e. The summed E-state index contributed by atoms with van der Waals surface area (Å²) in [4.78, 5) is 11.8. The van der Waals surface area contributed by atoms with E-state index in [2.05, 4.69) is 69.3 Å². The molecule has 3 heteroatoms. The molecule has 0 aliphatic rings. The van der Waals surface area contributed by atoms with Crippen LogP contribution in [0.25, 0.3) is 4.91 Å². The number of thioether (sulfide) groups is 1. The molecule has 22 heavy (non-hydrogen) atoms. The average Bonchev–Trinajstić information content (AvgIpc) is 2.49.